The number of ether oxygens (including phenoxy) is 1. The van der Waals surface area contributed by atoms with Crippen LogP contribution in [-0.4, -0.2) is 41.6 Å². The van der Waals surface area contributed by atoms with Crippen LogP contribution in [-0.2, 0) is 6.54 Å². The second-order valence-electron chi connectivity index (χ2n) is 7.63. The first-order chi connectivity index (χ1) is 14.1. The number of piperidine rings is 1. The van der Waals surface area contributed by atoms with Crippen molar-refractivity contribution < 1.29 is 9.13 Å². The third-order valence-electron chi connectivity index (χ3n) is 5.49. The molecule has 3 N–H and O–H groups in total. The number of nitrogens with zero attached hydrogens (tertiary/aromatic N) is 3. The maximum Gasteiger partial charge on any atom is 0.213 e. The van der Waals surface area contributed by atoms with Gasteiger partial charge in [-0.3, -0.25) is 0 Å². The molecular formula is C22H26FN5O. The number of aromatic nitrogens is 2. The van der Waals surface area contributed by atoms with Crippen LogP contribution in [0.2, 0.25) is 0 Å². The molecule has 0 aliphatic carbocycles. The summed E-state index contributed by atoms with van der Waals surface area (Å²) in [6, 6.07) is 8.78. The van der Waals surface area contributed by atoms with Crippen LogP contribution in [0.3, 0.4) is 0 Å². The molecule has 3 heterocycles. The molecule has 0 unspecified atom stereocenters. The molecule has 1 aromatic carbocycles. The quantitative estimate of drug-likeness (QED) is 0.663. The first kappa shape index (κ1) is 19.4. The predicted octanol–water partition coefficient (Wildman–Crippen LogP) is 3.68. The van der Waals surface area contributed by atoms with Crippen LogP contribution in [0.4, 0.5) is 15.9 Å². The SMILES string of the molecule is CN1CCC(COc2cc(CNc3ccc(F)c4c(N)nccc34)ccn2)CC1. The molecule has 0 saturated carbocycles. The molecule has 2 aromatic heterocycles. The number of nitrogens with one attached hydrogen (secondary N) is 1. The number of rotatable bonds is 6. The minimum Gasteiger partial charge on any atom is -0.477 e. The van der Waals surface area contributed by atoms with Crippen LogP contribution in [0.15, 0.2) is 42.7 Å². The van der Waals surface area contributed by atoms with Crippen LogP contribution >= 0.6 is 0 Å². The number of nitrogen functional groups attached to an aromatic ring is 1. The van der Waals surface area contributed by atoms with Crippen molar-refractivity contribution in [3.05, 3.63) is 54.1 Å². The summed E-state index contributed by atoms with van der Waals surface area (Å²) in [5.74, 6) is 1.04. The summed E-state index contributed by atoms with van der Waals surface area (Å²) >= 11 is 0. The van der Waals surface area contributed by atoms with Gasteiger partial charge in [-0.1, -0.05) is 0 Å². The average Bonchev–Trinajstić information content (AvgIpc) is 2.73. The largest absolute Gasteiger partial charge is 0.477 e. The maximum atomic E-state index is 14.1. The Balaban J connectivity index is 1.41. The number of hydrogen-bond acceptors (Lipinski definition) is 6. The van der Waals surface area contributed by atoms with E-state index in [1.165, 1.54) is 6.07 Å². The molecule has 1 saturated heterocycles. The summed E-state index contributed by atoms with van der Waals surface area (Å²) in [4.78, 5) is 10.7. The second-order valence-corrected chi connectivity index (χ2v) is 7.63. The highest BCUT2D eigenvalue weighted by atomic mass is 19.1. The fourth-order valence-electron chi connectivity index (χ4n) is 3.71. The Labute approximate surface area is 169 Å². The Hall–Kier alpha value is -2.93. The highest BCUT2D eigenvalue weighted by molar-refractivity contribution is 5.99. The zero-order chi connectivity index (χ0) is 20.2. The number of benzene rings is 1. The van der Waals surface area contributed by atoms with Gasteiger partial charge in [-0.2, -0.15) is 0 Å². The van der Waals surface area contributed by atoms with Crippen LogP contribution < -0.4 is 15.8 Å². The van der Waals surface area contributed by atoms with Crippen molar-refractivity contribution in [3.8, 4) is 5.88 Å². The Morgan fingerprint density at radius 1 is 1.17 bits per heavy atom. The lowest BCUT2D eigenvalue weighted by Gasteiger charge is -2.28. The molecule has 1 aliphatic rings. The highest BCUT2D eigenvalue weighted by Gasteiger charge is 2.17. The Morgan fingerprint density at radius 3 is 2.79 bits per heavy atom. The summed E-state index contributed by atoms with van der Waals surface area (Å²) in [5, 5.41) is 4.41. The Bertz CT molecular complexity index is 980. The van der Waals surface area contributed by atoms with Crippen molar-refractivity contribution in [3.63, 3.8) is 0 Å². The van der Waals surface area contributed by atoms with E-state index >= 15 is 0 Å². The zero-order valence-corrected chi connectivity index (χ0v) is 16.6. The fraction of sp³-hybridized carbons (Fsp3) is 0.364. The number of pyridine rings is 2. The topological polar surface area (TPSA) is 76.3 Å². The van der Waals surface area contributed by atoms with E-state index in [1.54, 1.807) is 24.5 Å². The predicted molar refractivity (Wildman–Crippen MR) is 113 cm³/mol. The van der Waals surface area contributed by atoms with Gasteiger partial charge in [-0.05, 0) is 68.7 Å². The van der Waals surface area contributed by atoms with Gasteiger partial charge in [0.2, 0.25) is 5.88 Å². The van der Waals surface area contributed by atoms with Gasteiger partial charge in [0.15, 0.2) is 0 Å². The molecule has 3 aromatic rings. The third kappa shape index (κ3) is 4.56. The summed E-state index contributed by atoms with van der Waals surface area (Å²) in [6.07, 6.45) is 5.66. The maximum absolute atomic E-state index is 14.1. The number of hydrogen-bond donors (Lipinski definition) is 2. The van der Waals surface area contributed by atoms with Crippen molar-refractivity contribution in [2.45, 2.75) is 19.4 Å². The lowest BCUT2D eigenvalue weighted by Crippen LogP contribution is -2.32. The molecule has 0 spiro atoms. The summed E-state index contributed by atoms with van der Waals surface area (Å²) < 4.78 is 20.1. The van der Waals surface area contributed by atoms with Gasteiger partial charge < -0.3 is 20.7 Å². The van der Waals surface area contributed by atoms with Crippen LogP contribution in [0.1, 0.15) is 18.4 Å². The highest BCUT2D eigenvalue weighted by Crippen LogP contribution is 2.29. The molecule has 4 rings (SSSR count). The van der Waals surface area contributed by atoms with Crippen molar-refractivity contribution in [1.29, 1.82) is 0 Å². The lowest BCUT2D eigenvalue weighted by atomic mass is 9.98. The molecule has 0 bridgehead atoms. The number of halogens is 1. The number of fused-ring (bicyclic) bond motifs is 1. The number of likely N-dealkylation sites (tertiary alicyclic amines) is 1. The van der Waals surface area contributed by atoms with Gasteiger partial charge in [0, 0.05) is 36.1 Å². The minimum absolute atomic E-state index is 0.192. The molecule has 0 atom stereocenters. The van der Waals surface area contributed by atoms with E-state index in [4.69, 9.17) is 10.5 Å². The normalized spacial score (nSPS) is 15.5. The van der Waals surface area contributed by atoms with Gasteiger partial charge in [0.1, 0.15) is 11.6 Å². The van der Waals surface area contributed by atoms with E-state index in [0.29, 0.717) is 35.7 Å². The zero-order valence-electron chi connectivity index (χ0n) is 16.6. The first-order valence-corrected chi connectivity index (χ1v) is 9.93. The third-order valence-corrected chi connectivity index (χ3v) is 5.49. The molecule has 29 heavy (non-hydrogen) atoms. The van der Waals surface area contributed by atoms with E-state index in [9.17, 15) is 4.39 Å². The van der Waals surface area contributed by atoms with E-state index < -0.39 is 0 Å². The number of nitrogens with two attached hydrogens (primary N) is 1. The van der Waals surface area contributed by atoms with E-state index in [2.05, 4.69) is 27.2 Å². The monoisotopic (exact) mass is 395 g/mol. The van der Waals surface area contributed by atoms with Crippen LogP contribution in [0.5, 0.6) is 5.88 Å². The molecule has 7 heteroatoms. The standard InChI is InChI=1S/C22H26FN5O/c1-28-10-6-15(7-11-28)14-29-20-12-16(4-8-25-20)13-27-19-3-2-18(23)21-17(19)5-9-26-22(21)24/h2-5,8-9,12,15,27H,6-7,10-11,13-14H2,1H3,(H2,24,26). The average molecular weight is 395 g/mol. The Kier molecular flexibility index (Phi) is 5.76. The molecule has 152 valence electrons. The first-order valence-electron chi connectivity index (χ1n) is 9.93. The Morgan fingerprint density at radius 2 is 1.97 bits per heavy atom. The second kappa shape index (κ2) is 8.61. The van der Waals surface area contributed by atoms with Crippen molar-refractivity contribution in [2.24, 2.45) is 5.92 Å². The molecule has 0 radical (unpaired) electrons. The summed E-state index contributed by atoms with van der Waals surface area (Å²) in [5.41, 5.74) is 7.70. The van der Waals surface area contributed by atoms with Gasteiger partial charge in [-0.25, -0.2) is 14.4 Å². The summed E-state index contributed by atoms with van der Waals surface area (Å²) in [7, 11) is 2.16. The van der Waals surface area contributed by atoms with Crippen molar-refractivity contribution in [2.75, 3.05) is 37.8 Å². The molecule has 1 fully saturated rings. The fourth-order valence-corrected chi connectivity index (χ4v) is 3.71. The summed E-state index contributed by atoms with van der Waals surface area (Å²) in [6.45, 7) is 3.51. The van der Waals surface area contributed by atoms with Gasteiger partial charge in [0.25, 0.3) is 0 Å². The van der Waals surface area contributed by atoms with Gasteiger partial charge in [0.05, 0.1) is 12.0 Å². The smallest absolute Gasteiger partial charge is 0.213 e. The van der Waals surface area contributed by atoms with E-state index in [-0.39, 0.29) is 11.6 Å². The van der Waals surface area contributed by atoms with Gasteiger partial charge >= 0.3 is 0 Å². The molecule has 0 amide bonds. The van der Waals surface area contributed by atoms with Gasteiger partial charge in [-0.15, -0.1) is 0 Å². The van der Waals surface area contributed by atoms with Crippen LogP contribution in [0, 0.1) is 11.7 Å². The lowest BCUT2D eigenvalue weighted by molar-refractivity contribution is 0.157. The van der Waals surface area contributed by atoms with Crippen molar-refractivity contribution in [1.82, 2.24) is 14.9 Å². The van der Waals surface area contributed by atoms with E-state index in [1.807, 2.05) is 12.1 Å². The molecular weight excluding hydrogens is 369 g/mol. The van der Waals surface area contributed by atoms with Crippen LogP contribution in [0.25, 0.3) is 10.8 Å². The van der Waals surface area contributed by atoms with E-state index in [0.717, 1.165) is 37.2 Å². The minimum atomic E-state index is -0.371. The van der Waals surface area contributed by atoms with Crippen molar-refractivity contribution >= 4 is 22.3 Å². The molecule has 1 aliphatic heterocycles. The molecule has 6 nitrogen and oxygen atoms in total. The number of anilines is 2.